The highest BCUT2D eigenvalue weighted by atomic mass is 15.5. The Bertz CT molecular complexity index is 1060. The highest BCUT2D eigenvalue weighted by Crippen LogP contribution is 2.26. The molecule has 1 aromatic heterocycles. The molecule has 4 heteroatoms. The number of anilines is 1. The Hall–Kier alpha value is -3.40. The number of hydrogen-bond donors (Lipinski definition) is 0. The normalized spacial score (nSPS) is 10.9. The van der Waals surface area contributed by atoms with Gasteiger partial charge >= 0.3 is 0 Å². The number of nitrogens with zero attached hydrogens (tertiary/aromatic N) is 4. The molecule has 4 nitrogen and oxygen atoms in total. The zero-order chi connectivity index (χ0) is 21.5. The standard InChI is InChI=1S/C27H30N4/c1-3-19-30(20-4-2)27-26(28-29-31(27)25-13-9-6-10-14-25)21-22-15-17-24(18-16-22)23-11-7-5-8-12-23/h5-18H,3-4,19-21H2,1-2H3. The Morgan fingerprint density at radius 1 is 0.710 bits per heavy atom. The fraction of sp³-hybridized carbons (Fsp3) is 0.259. The van der Waals surface area contributed by atoms with Gasteiger partial charge < -0.3 is 4.90 Å². The molecule has 0 amide bonds. The minimum atomic E-state index is 0.765. The summed E-state index contributed by atoms with van der Waals surface area (Å²) in [5.41, 5.74) is 5.79. The van der Waals surface area contributed by atoms with E-state index in [1.54, 1.807) is 0 Å². The average Bonchev–Trinajstić information content (AvgIpc) is 3.24. The van der Waals surface area contributed by atoms with E-state index in [0.29, 0.717) is 0 Å². The van der Waals surface area contributed by atoms with Gasteiger partial charge in [-0.15, -0.1) is 5.10 Å². The van der Waals surface area contributed by atoms with Crippen LogP contribution >= 0.6 is 0 Å². The molecule has 0 aliphatic rings. The van der Waals surface area contributed by atoms with Crippen LogP contribution in [0.5, 0.6) is 0 Å². The molecule has 0 radical (unpaired) electrons. The van der Waals surface area contributed by atoms with Gasteiger partial charge in [-0.3, -0.25) is 0 Å². The fourth-order valence-electron chi connectivity index (χ4n) is 3.98. The maximum atomic E-state index is 4.63. The van der Waals surface area contributed by atoms with Gasteiger partial charge in [0.1, 0.15) is 5.69 Å². The molecule has 3 aromatic carbocycles. The quantitative estimate of drug-likeness (QED) is 0.332. The first-order chi connectivity index (χ1) is 15.3. The molecule has 0 fully saturated rings. The van der Waals surface area contributed by atoms with E-state index in [1.165, 1.54) is 16.7 Å². The maximum absolute atomic E-state index is 4.63. The number of hydrogen-bond acceptors (Lipinski definition) is 3. The lowest BCUT2D eigenvalue weighted by Gasteiger charge is -2.25. The second-order valence-electron chi connectivity index (χ2n) is 7.83. The first-order valence-electron chi connectivity index (χ1n) is 11.2. The van der Waals surface area contributed by atoms with Crippen LogP contribution < -0.4 is 4.90 Å². The Labute approximate surface area is 185 Å². The van der Waals surface area contributed by atoms with Crippen molar-refractivity contribution in [1.82, 2.24) is 15.0 Å². The van der Waals surface area contributed by atoms with Gasteiger partial charge in [0.2, 0.25) is 0 Å². The van der Waals surface area contributed by atoms with Gasteiger partial charge in [-0.25, -0.2) is 0 Å². The highest BCUT2D eigenvalue weighted by Gasteiger charge is 2.20. The van der Waals surface area contributed by atoms with Crippen molar-refractivity contribution in [2.24, 2.45) is 0 Å². The van der Waals surface area contributed by atoms with Crippen LogP contribution in [0.1, 0.15) is 37.9 Å². The summed E-state index contributed by atoms with van der Waals surface area (Å²) < 4.78 is 2.00. The lowest BCUT2D eigenvalue weighted by molar-refractivity contribution is 0.704. The Morgan fingerprint density at radius 2 is 1.29 bits per heavy atom. The zero-order valence-electron chi connectivity index (χ0n) is 18.4. The molecule has 0 N–H and O–H groups in total. The van der Waals surface area contributed by atoms with Crippen LogP contribution in [-0.2, 0) is 6.42 Å². The number of rotatable bonds is 9. The van der Waals surface area contributed by atoms with Crippen LogP contribution in [0.25, 0.3) is 16.8 Å². The molecule has 4 aromatic rings. The average molecular weight is 411 g/mol. The number of para-hydroxylation sites is 1. The van der Waals surface area contributed by atoms with Crippen LogP contribution in [0.4, 0.5) is 5.82 Å². The first kappa shape index (κ1) is 20.9. The maximum Gasteiger partial charge on any atom is 0.156 e. The second kappa shape index (κ2) is 10.1. The van der Waals surface area contributed by atoms with Crippen molar-refractivity contribution in [3.05, 3.63) is 96.2 Å². The third-order valence-corrected chi connectivity index (χ3v) is 5.43. The molecule has 4 rings (SSSR count). The monoisotopic (exact) mass is 410 g/mol. The van der Waals surface area contributed by atoms with Gasteiger partial charge in [0.05, 0.1) is 5.69 Å². The van der Waals surface area contributed by atoms with Gasteiger partial charge in [0, 0.05) is 19.5 Å². The molecule has 158 valence electrons. The van der Waals surface area contributed by atoms with Crippen molar-refractivity contribution >= 4 is 5.82 Å². The summed E-state index contributed by atoms with van der Waals surface area (Å²) in [4.78, 5) is 2.43. The molecule has 0 aliphatic heterocycles. The van der Waals surface area contributed by atoms with Crippen molar-refractivity contribution in [2.75, 3.05) is 18.0 Å². The second-order valence-corrected chi connectivity index (χ2v) is 7.83. The van der Waals surface area contributed by atoms with E-state index in [1.807, 2.05) is 28.9 Å². The van der Waals surface area contributed by atoms with Crippen LogP contribution in [-0.4, -0.2) is 28.1 Å². The van der Waals surface area contributed by atoms with Gasteiger partial charge in [-0.2, -0.15) is 4.68 Å². The predicted octanol–water partition coefficient (Wildman–Crippen LogP) is 6.15. The summed E-state index contributed by atoms with van der Waals surface area (Å²) >= 11 is 0. The third kappa shape index (κ3) is 4.85. The fourth-order valence-corrected chi connectivity index (χ4v) is 3.98. The SMILES string of the molecule is CCCN(CCC)c1c(Cc2ccc(-c3ccccc3)cc2)nnn1-c1ccccc1. The molecule has 31 heavy (non-hydrogen) atoms. The molecular weight excluding hydrogens is 380 g/mol. The predicted molar refractivity (Wildman–Crippen MR) is 129 cm³/mol. The van der Waals surface area contributed by atoms with E-state index in [-0.39, 0.29) is 0 Å². The minimum Gasteiger partial charge on any atom is -0.355 e. The van der Waals surface area contributed by atoms with E-state index in [0.717, 1.165) is 49.6 Å². The van der Waals surface area contributed by atoms with Crippen LogP contribution in [0.3, 0.4) is 0 Å². The number of benzene rings is 3. The molecule has 0 aliphatic carbocycles. The van der Waals surface area contributed by atoms with Gasteiger partial charge in [0.15, 0.2) is 5.82 Å². The van der Waals surface area contributed by atoms with Crippen molar-refractivity contribution in [1.29, 1.82) is 0 Å². The highest BCUT2D eigenvalue weighted by molar-refractivity contribution is 5.63. The summed E-state index contributed by atoms with van der Waals surface area (Å²) in [6, 6.07) is 29.6. The smallest absolute Gasteiger partial charge is 0.156 e. The lowest BCUT2D eigenvalue weighted by Crippen LogP contribution is -2.28. The minimum absolute atomic E-state index is 0.765. The van der Waals surface area contributed by atoms with E-state index >= 15 is 0 Å². The Balaban J connectivity index is 1.67. The topological polar surface area (TPSA) is 34.0 Å². The molecule has 0 saturated heterocycles. The summed E-state index contributed by atoms with van der Waals surface area (Å²) in [5, 5.41) is 9.18. The number of aromatic nitrogens is 3. The summed E-state index contributed by atoms with van der Waals surface area (Å²) in [5.74, 6) is 1.11. The molecule has 1 heterocycles. The van der Waals surface area contributed by atoms with Crippen molar-refractivity contribution in [3.63, 3.8) is 0 Å². The summed E-state index contributed by atoms with van der Waals surface area (Å²) in [6.07, 6.45) is 2.94. The Morgan fingerprint density at radius 3 is 1.90 bits per heavy atom. The molecule has 0 spiro atoms. The van der Waals surface area contributed by atoms with E-state index in [4.69, 9.17) is 0 Å². The zero-order valence-corrected chi connectivity index (χ0v) is 18.4. The van der Waals surface area contributed by atoms with Crippen molar-refractivity contribution < 1.29 is 0 Å². The first-order valence-corrected chi connectivity index (χ1v) is 11.2. The van der Waals surface area contributed by atoms with E-state index in [2.05, 4.69) is 89.7 Å². The van der Waals surface area contributed by atoms with E-state index in [9.17, 15) is 0 Å². The molecule has 0 bridgehead atoms. The Kier molecular flexibility index (Phi) is 6.78. The van der Waals surface area contributed by atoms with Crippen LogP contribution in [0.2, 0.25) is 0 Å². The van der Waals surface area contributed by atoms with Crippen LogP contribution in [0.15, 0.2) is 84.9 Å². The van der Waals surface area contributed by atoms with Crippen LogP contribution in [0, 0.1) is 0 Å². The van der Waals surface area contributed by atoms with Crippen molar-refractivity contribution in [2.45, 2.75) is 33.1 Å². The van der Waals surface area contributed by atoms with Gasteiger partial charge in [-0.1, -0.05) is 91.9 Å². The molecular formula is C27H30N4. The molecule has 0 unspecified atom stereocenters. The summed E-state index contributed by atoms with van der Waals surface area (Å²) in [7, 11) is 0. The largest absolute Gasteiger partial charge is 0.355 e. The summed E-state index contributed by atoms with van der Waals surface area (Å²) in [6.45, 7) is 6.44. The molecule has 0 atom stereocenters. The molecule has 0 saturated carbocycles. The van der Waals surface area contributed by atoms with Gasteiger partial charge in [0.25, 0.3) is 0 Å². The van der Waals surface area contributed by atoms with Crippen molar-refractivity contribution in [3.8, 4) is 16.8 Å². The van der Waals surface area contributed by atoms with Gasteiger partial charge in [-0.05, 0) is 41.7 Å². The third-order valence-electron chi connectivity index (χ3n) is 5.43. The van der Waals surface area contributed by atoms with E-state index < -0.39 is 0 Å². The lowest BCUT2D eigenvalue weighted by atomic mass is 10.0.